The Morgan fingerprint density at radius 1 is 1.21 bits per heavy atom. The molecule has 3 N–H and O–H groups in total. The Morgan fingerprint density at radius 2 is 1.86 bits per heavy atom. The van der Waals surface area contributed by atoms with Gasteiger partial charge in [-0.25, -0.2) is 4.79 Å². The highest BCUT2D eigenvalue weighted by Gasteiger charge is 2.24. The van der Waals surface area contributed by atoms with Gasteiger partial charge in [-0.1, -0.05) is 12.1 Å². The number of ether oxygens (including phenoxy) is 2. The van der Waals surface area contributed by atoms with Crippen LogP contribution in [0.5, 0.6) is 0 Å². The Balaban J connectivity index is 2.64. The normalized spacial score (nSPS) is 13.1. The van der Waals surface area contributed by atoms with E-state index in [1.54, 1.807) is 19.9 Å². The van der Waals surface area contributed by atoms with Crippen molar-refractivity contribution in [1.29, 1.82) is 0 Å². The van der Waals surface area contributed by atoms with Crippen molar-refractivity contribution in [2.75, 3.05) is 31.9 Å². The van der Waals surface area contributed by atoms with E-state index in [0.717, 1.165) is 5.56 Å². The summed E-state index contributed by atoms with van der Waals surface area (Å²) in [6.07, 6.45) is 0.615. The predicted octanol–water partition coefficient (Wildman–Crippen LogP) is 4.86. The Hall–Kier alpha value is -1.60. The molecule has 1 amide bonds. The van der Waals surface area contributed by atoms with Crippen LogP contribution in [0.3, 0.4) is 0 Å². The molecule has 166 valence electrons. The topological polar surface area (TPSA) is 109 Å². The number of rotatable bonds is 12. The minimum absolute atomic E-state index is 0.100. The number of alkyl carbamates (subject to hydrolysis) is 1. The third kappa shape index (κ3) is 10.7. The van der Waals surface area contributed by atoms with Crippen molar-refractivity contribution in [2.45, 2.75) is 59.1 Å². The number of nitrogens with two attached hydrogens (primary N) is 1. The Bertz CT molecular complexity index is 667. The van der Waals surface area contributed by atoms with Crippen LogP contribution in [0.4, 0.5) is 10.5 Å². The van der Waals surface area contributed by atoms with Gasteiger partial charge in [-0.2, -0.15) is 0 Å². The molecule has 0 spiro atoms. The predicted molar refractivity (Wildman–Crippen MR) is 114 cm³/mol. The molecule has 1 rings (SSSR count). The van der Waals surface area contributed by atoms with Crippen molar-refractivity contribution in [3.8, 4) is 0 Å². The number of nitrogens with one attached hydrogen (secondary N) is 1. The summed E-state index contributed by atoms with van der Waals surface area (Å²) in [5.41, 5.74) is 6.79. The van der Waals surface area contributed by atoms with Gasteiger partial charge in [0.25, 0.3) is 0 Å². The lowest BCUT2D eigenvalue weighted by Gasteiger charge is -2.24. The quantitative estimate of drug-likeness (QED) is 0.277. The molecule has 0 radical (unpaired) electrons. The molecule has 0 aromatic heterocycles. The summed E-state index contributed by atoms with van der Waals surface area (Å²) in [5, 5.41) is 2.89. The summed E-state index contributed by atoms with van der Waals surface area (Å²) < 4.78 is 33.7. The van der Waals surface area contributed by atoms with Crippen LogP contribution in [0, 0.1) is 0 Å². The maximum absolute atomic E-state index is 12.4. The Labute approximate surface area is 174 Å². The van der Waals surface area contributed by atoms with Crippen molar-refractivity contribution < 1.29 is 27.9 Å². The highest BCUT2D eigenvalue weighted by atomic mass is 31.2. The molecule has 1 aromatic carbocycles. The highest BCUT2D eigenvalue weighted by molar-refractivity contribution is 7.53. The first-order valence-electron chi connectivity index (χ1n) is 9.89. The maximum Gasteiger partial charge on any atom is 0.408 e. The van der Waals surface area contributed by atoms with E-state index in [1.165, 1.54) is 0 Å². The van der Waals surface area contributed by atoms with Gasteiger partial charge in [-0.3, -0.25) is 4.57 Å². The standard InChI is InChI=1S/C20H35N2O6P/c1-6-26-29(24,27-7-2)15-25-13-9-12-18(16-10-8-11-17(21)14-16)22-19(23)28-20(3,4)5/h8,10-11,14,18H,6-7,9,12-13,15,21H2,1-5H3,(H,22,23). The van der Waals surface area contributed by atoms with E-state index in [0.29, 0.717) is 25.1 Å². The molecule has 0 saturated heterocycles. The molecule has 29 heavy (non-hydrogen) atoms. The van der Waals surface area contributed by atoms with Crippen LogP contribution in [0.1, 0.15) is 59.1 Å². The SMILES string of the molecule is CCOP(=O)(COCCCC(NC(=O)OC(C)(C)C)c1cccc(N)c1)OCC. The number of hydrogen-bond acceptors (Lipinski definition) is 7. The Morgan fingerprint density at radius 3 is 2.41 bits per heavy atom. The monoisotopic (exact) mass is 430 g/mol. The molecule has 0 aliphatic heterocycles. The number of hydrogen-bond donors (Lipinski definition) is 2. The van der Waals surface area contributed by atoms with Crippen LogP contribution in [0.25, 0.3) is 0 Å². The zero-order valence-electron chi connectivity index (χ0n) is 18.1. The van der Waals surface area contributed by atoms with Gasteiger partial charge in [0.05, 0.1) is 19.3 Å². The van der Waals surface area contributed by atoms with Crippen LogP contribution < -0.4 is 11.1 Å². The zero-order valence-corrected chi connectivity index (χ0v) is 19.0. The van der Waals surface area contributed by atoms with E-state index in [1.807, 2.05) is 39.0 Å². The first-order chi connectivity index (χ1) is 13.6. The van der Waals surface area contributed by atoms with Gasteiger partial charge in [0.2, 0.25) is 0 Å². The first-order valence-corrected chi connectivity index (χ1v) is 11.6. The minimum atomic E-state index is -3.22. The number of anilines is 1. The van der Waals surface area contributed by atoms with Gasteiger partial charge in [0.15, 0.2) is 0 Å². The number of carbonyl (C=O) groups excluding carboxylic acids is 1. The average Bonchev–Trinajstić information content (AvgIpc) is 2.59. The van der Waals surface area contributed by atoms with Crippen molar-refractivity contribution in [2.24, 2.45) is 0 Å². The van der Waals surface area contributed by atoms with Gasteiger partial charge in [-0.15, -0.1) is 0 Å². The highest BCUT2D eigenvalue weighted by Crippen LogP contribution is 2.47. The summed E-state index contributed by atoms with van der Waals surface area (Å²) in [4.78, 5) is 12.2. The number of nitrogen functional groups attached to an aromatic ring is 1. The van der Waals surface area contributed by atoms with Gasteiger partial charge >= 0.3 is 13.7 Å². The second-order valence-corrected chi connectivity index (χ2v) is 9.49. The summed E-state index contributed by atoms with van der Waals surface area (Å²) in [6, 6.07) is 7.06. The van der Waals surface area contributed by atoms with Crippen LogP contribution >= 0.6 is 7.60 Å². The van der Waals surface area contributed by atoms with Crippen LogP contribution in [-0.2, 0) is 23.1 Å². The van der Waals surface area contributed by atoms with Crippen LogP contribution in [0.15, 0.2) is 24.3 Å². The molecule has 0 aliphatic carbocycles. The van der Waals surface area contributed by atoms with E-state index in [2.05, 4.69) is 5.32 Å². The molecule has 0 bridgehead atoms. The lowest BCUT2D eigenvalue weighted by Crippen LogP contribution is -2.35. The number of carbonyl (C=O) groups is 1. The van der Waals surface area contributed by atoms with Gasteiger partial charge in [0.1, 0.15) is 11.9 Å². The van der Waals surface area contributed by atoms with Gasteiger partial charge < -0.3 is 29.6 Å². The molecular weight excluding hydrogens is 395 g/mol. The lowest BCUT2D eigenvalue weighted by atomic mass is 10.0. The smallest absolute Gasteiger partial charge is 0.408 e. The molecular formula is C20H35N2O6P. The average molecular weight is 430 g/mol. The van der Waals surface area contributed by atoms with E-state index in [9.17, 15) is 9.36 Å². The van der Waals surface area contributed by atoms with Crippen LogP contribution in [0.2, 0.25) is 0 Å². The van der Waals surface area contributed by atoms with Gasteiger partial charge in [0, 0.05) is 12.3 Å². The second-order valence-electron chi connectivity index (χ2n) is 7.49. The van der Waals surface area contributed by atoms with Crippen molar-refractivity contribution in [1.82, 2.24) is 5.32 Å². The summed E-state index contributed by atoms with van der Waals surface area (Å²) >= 11 is 0. The molecule has 1 aromatic rings. The molecule has 0 fully saturated rings. The van der Waals surface area contributed by atoms with E-state index >= 15 is 0 Å². The zero-order chi connectivity index (χ0) is 21.9. The largest absolute Gasteiger partial charge is 0.444 e. The van der Waals surface area contributed by atoms with Crippen molar-refractivity contribution in [3.63, 3.8) is 0 Å². The summed E-state index contributed by atoms with van der Waals surface area (Å²) in [7, 11) is -3.22. The lowest BCUT2D eigenvalue weighted by molar-refractivity contribution is 0.0497. The fraction of sp³-hybridized carbons (Fsp3) is 0.650. The molecule has 0 saturated carbocycles. The van der Waals surface area contributed by atoms with Crippen molar-refractivity contribution in [3.05, 3.63) is 29.8 Å². The Kier molecular flexibility index (Phi) is 10.7. The molecule has 0 aliphatic rings. The van der Waals surface area contributed by atoms with Crippen LogP contribution in [-0.4, -0.2) is 37.9 Å². The van der Waals surface area contributed by atoms with Gasteiger partial charge in [-0.05, 0) is 65.2 Å². The third-order valence-corrected chi connectivity index (χ3v) is 5.49. The summed E-state index contributed by atoms with van der Waals surface area (Å²) in [6.45, 7) is 9.87. The second kappa shape index (κ2) is 12.2. The molecule has 9 heteroatoms. The van der Waals surface area contributed by atoms with E-state index in [4.69, 9.17) is 24.3 Å². The van der Waals surface area contributed by atoms with Crippen molar-refractivity contribution >= 4 is 19.4 Å². The minimum Gasteiger partial charge on any atom is -0.444 e. The maximum atomic E-state index is 12.4. The molecule has 1 atom stereocenters. The fourth-order valence-electron chi connectivity index (χ4n) is 2.62. The first kappa shape index (κ1) is 25.4. The molecule has 0 heterocycles. The number of amides is 1. The fourth-order valence-corrected chi connectivity index (χ4v) is 3.98. The molecule has 8 nitrogen and oxygen atoms in total. The summed E-state index contributed by atoms with van der Waals surface area (Å²) in [5.74, 6) is 0. The van der Waals surface area contributed by atoms with E-state index in [-0.39, 0.29) is 25.6 Å². The number of benzene rings is 1. The third-order valence-electron chi connectivity index (χ3n) is 3.69. The van der Waals surface area contributed by atoms with E-state index < -0.39 is 19.3 Å². The molecule has 1 unspecified atom stereocenters.